The molecule has 1 atom stereocenters. The first-order valence-corrected chi connectivity index (χ1v) is 7.88. The first-order chi connectivity index (χ1) is 11.1. The van der Waals surface area contributed by atoms with Crippen LogP contribution in [0.2, 0.25) is 0 Å². The summed E-state index contributed by atoms with van der Waals surface area (Å²) in [5, 5.41) is 9.70. The Hall–Kier alpha value is -2.17. The van der Waals surface area contributed by atoms with Crippen molar-refractivity contribution >= 4 is 11.6 Å². The summed E-state index contributed by atoms with van der Waals surface area (Å²) in [4.78, 5) is 16.6. The molecule has 1 N–H and O–H groups in total. The number of aliphatic hydroxyl groups is 1. The van der Waals surface area contributed by atoms with E-state index in [1.807, 2.05) is 67.3 Å². The molecule has 1 heterocycles. The smallest absolute Gasteiger partial charge is 0.247 e. The molecule has 0 bridgehead atoms. The Morgan fingerprint density at radius 1 is 1.04 bits per heavy atom. The molecule has 23 heavy (non-hydrogen) atoms. The summed E-state index contributed by atoms with van der Waals surface area (Å²) < 4.78 is 0. The number of para-hydroxylation sites is 1. The highest BCUT2D eigenvalue weighted by Gasteiger charge is 2.39. The van der Waals surface area contributed by atoms with Gasteiger partial charge in [0.25, 0.3) is 0 Å². The standard InChI is InChI=1S/C19H22N2O2/c1-14-7-6-8-15(2)18(14)21-13-20(17(12-22)19(21)23)11-16-9-4-3-5-10-16/h3-10,17,22H,11-13H2,1-2H3/t17-/m1/s1. The summed E-state index contributed by atoms with van der Waals surface area (Å²) >= 11 is 0. The second-order valence-electron chi connectivity index (χ2n) is 6.08. The molecule has 120 valence electrons. The average molecular weight is 310 g/mol. The minimum atomic E-state index is -0.478. The van der Waals surface area contributed by atoms with E-state index in [9.17, 15) is 9.90 Å². The average Bonchev–Trinajstić information content (AvgIpc) is 2.84. The summed E-state index contributed by atoms with van der Waals surface area (Å²) in [5.41, 5.74) is 4.27. The number of hydrogen-bond acceptors (Lipinski definition) is 3. The molecule has 2 aromatic rings. The van der Waals surface area contributed by atoms with Crippen molar-refractivity contribution in [2.75, 3.05) is 18.2 Å². The molecule has 0 radical (unpaired) electrons. The van der Waals surface area contributed by atoms with E-state index in [4.69, 9.17) is 0 Å². The Balaban J connectivity index is 1.89. The minimum absolute atomic E-state index is 0.0270. The van der Waals surface area contributed by atoms with E-state index in [0.717, 1.165) is 22.4 Å². The van der Waals surface area contributed by atoms with Crippen LogP contribution in [0.1, 0.15) is 16.7 Å². The van der Waals surface area contributed by atoms with Gasteiger partial charge in [-0.1, -0.05) is 48.5 Å². The number of aryl methyl sites for hydroxylation is 2. The highest BCUT2D eigenvalue weighted by atomic mass is 16.3. The number of hydrogen-bond donors (Lipinski definition) is 1. The van der Waals surface area contributed by atoms with E-state index in [-0.39, 0.29) is 12.5 Å². The predicted molar refractivity (Wildman–Crippen MR) is 91.1 cm³/mol. The van der Waals surface area contributed by atoms with Crippen LogP contribution in [-0.2, 0) is 11.3 Å². The third kappa shape index (κ3) is 3.00. The van der Waals surface area contributed by atoms with E-state index < -0.39 is 6.04 Å². The molecular weight excluding hydrogens is 288 g/mol. The molecule has 0 aliphatic carbocycles. The van der Waals surface area contributed by atoms with Crippen molar-refractivity contribution in [1.29, 1.82) is 0 Å². The van der Waals surface area contributed by atoms with Crippen LogP contribution in [0.4, 0.5) is 5.69 Å². The highest BCUT2D eigenvalue weighted by Crippen LogP contribution is 2.30. The van der Waals surface area contributed by atoms with E-state index >= 15 is 0 Å². The lowest BCUT2D eigenvalue weighted by atomic mass is 10.1. The molecule has 0 saturated carbocycles. The predicted octanol–water partition coefficient (Wildman–Crippen LogP) is 2.47. The summed E-state index contributed by atoms with van der Waals surface area (Å²) in [6.45, 7) is 5.03. The topological polar surface area (TPSA) is 43.8 Å². The lowest BCUT2D eigenvalue weighted by Gasteiger charge is -2.22. The van der Waals surface area contributed by atoms with Gasteiger partial charge >= 0.3 is 0 Å². The Morgan fingerprint density at radius 2 is 1.70 bits per heavy atom. The zero-order valence-electron chi connectivity index (χ0n) is 13.6. The van der Waals surface area contributed by atoms with Crippen LogP contribution in [0.15, 0.2) is 48.5 Å². The van der Waals surface area contributed by atoms with Gasteiger partial charge in [0.1, 0.15) is 6.04 Å². The minimum Gasteiger partial charge on any atom is -0.394 e. The Bertz CT molecular complexity index is 680. The van der Waals surface area contributed by atoms with Crippen LogP contribution in [0.3, 0.4) is 0 Å². The van der Waals surface area contributed by atoms with Crippen molar-refractivity contribution in [3.8, 4) is 0 Å². The molecule has 4 heteroatoms. The Kier molecular flexibility index (Phi) is 4.46. The molecule has 0 aromatic heterocycles. The van der Waals surface area contributed by atoms with Crippen LogP contribution in [-0.4, -0.2) is 35.2 Å². The van der Waals surface area contributed by atoms with Gasteiger partial charge in [-0.2, -0.15) is 0 Å². The van der Waals surface area contributed by atoms with Crippen molar-refractivity contribution in [2.45, 2.75) is 26.4 Å². The number of carbonyl (C=O) groups excluding carboxylic acids is 1. The van der Waals surface area contributed by atoms with Gasteiger partial charge in [0.2, 0.25) is 5.91 Å². The molecule has 1 saturated heterocycles. The normalized spacial score (nSPS) is 18.7. The zero-order valence-corrected chi connectivity index (χ0v) is 13.6. The second-order valence-corrected chi connectivity index (χ2v) is 6.08. The molecule has 0 unspecified atom stereocenters. The van der Waals surface area contributed by atoms with Gasteiger partial charge in [-0.3, -0.25) is 14.6 Å². The number of aliphatic hydroxyl groups excluding tert-OH is 1. The van der Waals surface area contributed by atoms with Crippen molar-refractivity contribution in [2.24, 2.45) is 0 Å². The lowest BCUT2D eigenvalue weighted by molar-refractivity contribution is -0.120. The van der Waals surface area contributed by atoms with Crippen molar-refractivity contribution < 1.29 is 9.90 Å². The van der Waals surface area contributed by atoms with Gasteiger partial charge < -0.3 is 5.11 Å². The molecule has 1 aliphatic rings. The van der Waals surface area contributed by atoms with Crippen LogP contribution in [0.5, 0.6) is 0 Å². The van der Waals surface area contributed by atoms with E-state index in [1.54, 1.807) is 4.90 Å². The summed E-state index contributed by atoms with van der Waals surface area (Å²) in [7, 11) is 0. The summed E-state index contributed by atoms with van der Waals surface area (Å²) in [6.07, 6.45) is 0. The fraction of sp³-hybridized carbons (Fsp3) is 0.316. The highest BCUT2D eigenvalue weighted by molar-refractivity contribution is 6.00. The third-order valence-electron chi connectivity index (χ3n) is 4.43. The van der Waals surface area contributed by atoms with Gasteiger partial charge in [0.05, 0.1) is 19.0 Å². The van der Waals surface area contributed by atoms with Crippen LogP contribution < -0.4 is 4.90 Å². The van der Waals surface area contributed by atoms with Crippen LogP contribution in [0.25, 0.3) is 0 Å². The third-order valence-corrected chi connectivity index (χ3v) is 4.43. The van der Waals surface area contributed by atoms with E-state index in [0.29, 0.717) is 13.2 Å². The molecule has 4 nitrogen and oxygen atoms in total. The SMILES string of the molecule is Cc1cccc(C)c1N1CN(Cc2ccccc2)[C@H](CO)C1=O. The maximum Gasteiger partial charge on any atom is 0.247 e. The number of carbonyl (C=O) groups is 1. The zero-order chi connectivity index (χ0) is 16.4. The second kappa shape index (κ2) is 6.52. The fourth-order valence-electron chi connectivity index (χ4n) is 3.27. The van der Waals surface area contributed by atoms with Gasteiger partial charge in [-0.25, -0.2) is 0 Å². The maximum absolute atomic E-state index is 12.8. The maximum atomic E-state index is 12.8. The molecule has 3 rings (SSSR count). The lowest BCUT2D eigenvalue weighted by Crippen LogP contribution is -2.36. The number of rotatable bonds is 4. The molecule has 2 aromatic carbocycles. The molecule has 0 spiro atoms. The van der Waals surface area contributed by atoms with E-state index in [2.05, 4.69) is 0 Å². The van der Waals surface area contributed by atoms with Gasteiger partial charge in [0.15, 0.2) is 0 Å². The van der Waals surface area contributed by atoms with Gasteiger partial charge in [-0.05, 0) is 30.5 Å². The quantitative estimate of drug-likeness (QED) is 0.943. The fourth-order valence-corrected chi connectivity index (χ4v) is 3.27. The monoisotopic (exact) mass is 310 g/mol. The number of anilines is 1. The van der Waals surface area contributed by atoms with Gasteiger partial charge in [-0.15, -0.1) is 0 Å². The Labute approximate surface area is 137 Å². The molecule has 1 amide bonds. The van der Waals surface area contributed by atoms with Crippen molar-refractivity contribution in [3.05, 3.63) is 65.2 Å². The Morgan fingerprint density at radius 3 is 2.30 bits per heavy atom. The molecule has 1 fully saturated rings. The van der Waals surface area contributed by atoms with Crippen molar-refractivity contribution in [3.63, 3.8) is 0 Å². The summed E-state index contributed by atoms with van der Waals surface area (Å²) in [5.74, 6) is -0.0270. The number of benzene rings is 2. The van der Waals surface area contributed by atoms with Gasteiger partial charge in [0, 0.05) is 6.54 Å². The van der Waals surface area contributed by atoms with Crippen LogP contribution in [0, 0.1) is 13.8 Å². The number of amides is 1. The van der Waals surface area contributed by atoms with E-state index in [1.165, 1.54) is 0 Å². The van der Waals surface area contributed by atoms with Crippen LogP contribution >= 0.6 is 0 Å². The first kappa shape index (κ1) is 15.7. The molecular formula is C19H22N2O2. The summed E-state index contributed by atoms with van der Waals surface area (Å²) in [6, 6.07) is 15.6. The van der Waals surface area contributed by atoms with Crippen molar-refractivity contribution in [1.82, 2.24) is 4.90 Å². The molecule has 1 aliphatic heterocycles. The first-order valence-electron chi connectivity index (χ1n) is 7.88. The number of nitrogens with zero attached hydrogens (tertiary/aromatic N) is 2. The largest absolute Gasteiger partial charge is 0.394 e.